The number of anilines is 1. The van der Waals surface area contributed by atoms with Crippen molar-refractivity contribution in [2.75, 3.05) is 12.4 Å². The third-order valence-electron chi connectivity index (χ3n) is 4.37. The Morgan fingerprint density at radius 3 is 2.46 bits per heavy atom. The Balaban J connectivity index is 1.70. The monoisotopic (exact) mass is 405 g/mol. The van der Waals surface area contributed by atoms with Gasteiger partial charge in [0, 0.05) is 16.6 Å². The molecule has 2 amide bonds. The first-order chi connectivity index (χ1) is 13.2. The lowest BCUT2D eigenvalue weighted by atomic mass is 10.1. The first kappa shape index (κ1) is 19.8. The molecule has 2 aromatic carbocycles. The number of rotatable bonds is 5. The summed E-state index contributed by atoms with van der Waals surface area (Å²) in [6, 6.07) is 9.08. The summed E-state index contributed by atoms with van der Waals surface area (Å²) in [7, 11) is -2.21. The van der Waals surface area contributed by atoms with Gasteiger partial charge in [-0.3, -0.25) is 0 Å². The number of furan rings is 1. The summed E-state index contributed by atoms with van der Waals surface area (Å²) < 4.78 is 44.8. The molecule has 0 unspecified atom stereocenters. The van der Waals surface area contributed by atoms with Crippen molar-refractivity contribution in [1.82, 2.24) is 10.0 Å². The first-order valence-electron chi connectivity index (χ1n) is 8.51. The van der Waals surface area contributed by atoms with E-state index in [1.54, 1.807) is 19.9 Å². The van der Waals surface area contributed by atoms with E-state index in [4.69, 9.17) is 4.42 Å². The summed E-state index contributed by atoms with van der Waals surface area (Å²) in [4.78, 5) is 12.4. The molecule has 3 N–H and O–H groups in total. The molecule has 3 rings (SSSR count). The van der Waals surface area contributed by atoms with Crippen LogP contribution in [0.3, 0.4) is 0 Å². The van der Waals surface area contributed by atoms with E-state index in [0.717, 1.165) is 5.56 Å². The van der Waals surface area contributed by atoms with Gasteiger partial charge in [-0.1, -0.05) is 0 Å². The first-order valence-corrected chi connectivity index (χ1v) is 9.99. The normalized spacial score (nSPS) is 12.7. The van der Waals surface area contributed by atoms with Gasteiger partial charge in [0.2, 0.25) is 10.0 Å². The zero-order chi connectivity index (χ0) is 20.5. The topological polar surface area (TPSA) is 100 Å². The Morgan fingerprint density at radius 1 is 1.14 bits per heavy atom. The average Bonchev–Trinajstić information content (AvgIpc) is 2.98. The fraction of sp³-hybridized carbons (Fsp3) is 0.211. The zero-order valence-corrected chi connectivity index (χ0v) is 16.4. The van der Waals surface area contributed by atoms with E-state index in [1.165, 1.54) is 43.4 Å². The summed E-state index contributed by atoms with van der Waals surface area (Å²) in [6.45, 7) is 3.56. The maximum Gasteiger partial charge on any atom is 0.319 e. The Kier molecular flexibility index (Phi) is 5.39. The van der Waals surface area contributed by atoms with Crippen LogP contribution in [0.1, 0.15) is 24.3 Å². The van der Waals surface area contributed by atoms with Gasteiger partial charge in [0.25, 0.3) is 0 Å². The molecule has 0 saturated carbocycles. The quantitative estimate of drug-likeness (QED) is 0.603. The Hall–Kier alpha value is -2.91. The second-order valence-corrected chi connectivity index (χ2v) is 8.17. The molecule has 1 atom stereocenters. The molecule has 0 aliphatic heterocycles. The van der Waals surface area contributed by atoms with Crippen LogP contribution in [0.5, 0.6) is 0 Å². The van der Waals surface area contributed by atoms with Crippen LogP contribution in [-0.2, 0) is 10.0 Å². The fourth-order valence-corrected chi connectivity index (χ4v) is 3.62. The minimum absolute atomic E-state index is 0.0967. The predicted molar refractivity (Wildman–Crippen MR) is 104 cm³/mol. The smallest absolute Gasteiger partial charge is 0.319 e. The summed E-state index contributed by atoms with van der Waals surface area (Å²) in [5, 5.41) is 6.04. The van der Waals surface area contributed by atoms with Crippen molar-refractivity contribution in [3.05, 3.63) is 59.6 Å². The van der Waals surface area contributed by atoms with Crippen LogP contribution in [0.4, 0.5) is 14.9 Å². The number of amides is 2. The lowest BCUT2D eigenvalue weighted by Crippen LogP contribution is -2.31. The van der Waals surface area contributed by atoms with Crippen molar-refractivity contribution in [3.8, 4) is 0 Å². The van der Waals surface area contributed by atoms with Gasteiger partial charge < -0.3 is 15.1 Å². The number of aryl methyl sites for hydroxylation is 1. The average molecular weight is 405 g/mol. The molecule has 0 saturated heterocycles. The maximum absolute atomic E-state index is 13.4. The summed E-state index contributed by atoms with van der Waals surface area (Å²) in [6.07, 6.45) is 0. The molecule has 0 spiro atoms. The number of nitrogens with one attached hydrogen (secondary N) is 3. The van der Waals surface area contributed by atoms with E-state index in [1.807, 2.05) is 0 Å². The number of fused-ring (bicyclic) bond motifs is 1. The van der Waals surface area contributed by atoms with Crippen LogP contribution in [0.25, 0.3) is 11.0 Å². The highest BCUT2D eigenvalue weighted by Crippen LogP contribution is 2.30. The third-order valence-corrected chi connectivity index (χ3v) is 5.80. The number of sulfonamides is 1. The van der Waals surface area contributed by atoms with Crippen LogP contribution in [0, 0.1) is 12.7 Å². The lowest BCUT2D eigenvalue weighted by Gasteiger charge is -2.14. The lowest BCUT2D eigenvalue weighted by molar-refractivity contribution is 0.248. The molecule has 1 heterocycles. The van der Waals surface area contributed by atoms with Crippen molar-refractivity contribution in [1.29, 1.82) is 0 Å². The summed E-state index contributed by atoms with van der Waals surface area (Å²) >= 11 is 0. The van der Waals surface area contributed by atoms with E-state index in [9.17, 15) is 17.6 Å². The van der Waals surface area contributed by atoms with Gasteiger partial charge in [-0.15, -0.1) is 0 Å². The van der Waals surface area contributed by atoms with Crippen molar-refractivity contribution in [2.24, 2.45) is 0 Å². The molecule has 3 aromatic rings. The molecule has 7 nitrogen and oxygen atoms in total. The van der Waals surface area contributed by atoms with Gasteiger partial charge in [-0.25, -0.2) is 22.3 Å². The highest BCUT2D eigenvalue weighted by molar-refractivity contribution is 7.89. The van der Waals surface area contributed by atoms with Gasteiger partial charge >= 0.3 is 6.03 Å². The van der Waals surface area contributed by atoms with E-state index in [2.05, 4.69) is 15.4 Å². The Labute approximate surface area is 162 Å². The van der Waals surface area contributed by atoms with Crippen LogP contribution in [0.2, 0.25) is 0 Å². The number of urea groups is 1. The van der Waals surface area contributed by atoms with Gasteiger partial charge in [0.15, 0.2) is 0 Å². The Bertz CT molecular complexity index is 1120. The molecule has 0 radical (unpaired) electrons. The summed E-state index contributed by atoms with van der Waals surface area (Å²) in [5.41, 5.74) is 1.73. The molecule has 1 aromatic heterocycles. The molecule has 0 aliphatic rings. The molecule has 148 valence electrons. The number of carbonyl (C=O) groups is 1. The molecular weight excluding hydrogens is 385 g/mol. The fourth-order valence-electron chi connectivity index (χ4n) is 2.89. The van der Waals surface area contributed by atoms with Crippen LogP contribution in [-0.4, -0.2) is 21.5 Å². The number of halogens is 1. The van der Waals surface area contributed by atoms with Crippen LogP contribution >= 0.6 is 0 Å². The van der Waals surface area contributed by atoms with Crippen molar-refractivity contribution < 1.29 is 22.0 Å². The minimum Gasteiger partial charge on any atom is -0.459 e. The number of hydrogen-bond acceptors (Lipinski definition) is 4. The molecule has 0 bridgehead atoms. The highest BCUT2D eigenvalue weighted by atomic mass is 32.2. The second kappa shape index (κ2) is 7.61. The maximum atomic E-state index is 13.4. The van der Waals surface area contributed by atoms with Crippen LogP contribution < -0.4 is 15.4 Å². The molecule has 9 heteroatoms. The number of hydrogen-bond donors (Lipinski definition) is 3. The largest absolute Gasteiger partial charge is 0.459 e. The Morgan fingerprint density at radius 2 is 1.82 bits per heavy atom. The highest BCUT2D eigenvalue weighted by Gasteiger charge is 2.19. The van der Waals surface area contributed by atoms with Gasteiger partial charge in [0.05, 0.1) is 10.9 Å². The SMILES string of the molecule is CNS(=O)(=O)c1ccc(NC(=O)N[C@H](C)c2oc3ccc(F)cc3c2C)cc1. The van der Waals surface area contributed by atoms with Crippen molar-refractivity contribution in [2.45, 2.75) is 24.8 Å². The van der Waals surface area contributed by atoms with E-state index in [0.29, 0.717) is 22.4 Å². The molecular formula is C19H20FN3O4S. The van der Waals surface area contributed by atoms with Crippen molar-refractivity contribution in [3.63, 3.8) is 0 Å². The predicted octanol–water partition coefficient (Wildman–Crippen LogP) is 3.67. The van der Waals surface area contributed by atoms with Gasteiger partial charge in [-0.2, -0.15) is 0 Å². The van der Waals surface area contributed by atoms with Crippen LogP contribution in [0.15, 0.2) is 51.8 Å². The van der Waals surface area contributed by atoms with E-state index < -0.39 is 22.1 Å². The second-order valence-electron chi connectivity index (χ2n) is 6.28. The molecule has 28 heavy (non-hydrogen) atoms. The van der Waals surface area contributed by atoms with Crippen molar-refractivity contribution >= 4 is 32.7 Å². The minimum atomic E-state index is -3.54. The summed E-state index contributed by atoms with van der Waals surface area (Å²) in [5.74, 6) is 0.177. The molecule has 0 fully saturated rings. The number of benzene rings is 2. The van der Waals surface area contributed by atoms with E-state index in [-0.39, 0.29) is 10.7 Å². The van der Waals surface area contributed by atoms with E-state index >= 15 is 0 Å². The number of carbonyl (C=O) groups excluding carboxylic acids is 1. The zero-order valence-electron chi connectivity index (χ0n) is 15.5. The standard InChI is InChI=1S/C19H20FN3O4S/c1-11-16-10-13(20)4-9-17(16)27-18(11)12(2)22-19(24)23-14-5-7-15(8-6-14)28(25,26)21-3/h4-10,12,21H,1-3H3,(H2,22,23,24)/t12-/m1/s1. The van der Waals surface area contributed by atoms with Gasteiger partial charge in [-0.05, 0) is 63.4 Å². The molecule has 0 aliphatic carbocycles. The van der Waals surface area contributed by atoms with Gasteiger partial charge in [0.1, 0.15) is 17.2 Å². The third kappa shape index (κ3) is 4.00.